The molecular weight excluding hydrogens is 363 g/mol. The summed E-state index contributed by atoms with van der Waals surface area (Å²) in [6.07, 6.45) is 0. The molecule has 1 heterocycles. The Kier molecular flexibility index (Phi) is 6.20. The maximum Gasteiger partial charge on any atom is 0.272 e. The molecule has 2 aromatic carbocycles. The summed E-state index contributed by atoms with van der Waals surface area (Å²) in [6, 6.07) is 12.9. The van der Waals surface area contributed by atoms with Gasteiger partial charge in [0.2, 0.25) is 5.91 Å². The molecule has 1 aliphatic rings. The number of carbonyl (C=O) groups is 1. The lowest BCUT2D eigenvalue weighted by molar-refractivity contribution is -0.385. The molecule has 0 bridgehead atoms. The largest absolute Gasteiger partial charge is 0.367 e. The van der Waals surface area contributed by atoms with Gasteiger partial charge in [-0.15, -0.1) is 0 Å². The molecule has 1 fully saturated rings. The predicted molar refractivity (Wildman–Crippen MR) is 105 cm³/mol. The molecule has 0 radical (unpaired) electrons. The number of hydrogen-bond donors (Lipinski definition) is 1. The summed E-state index contributed by atoms with van der Waals surface area (Å²) < 4.78 is 14.3. The van der Waals surface area contributed by atoms with E-state index in [0.717, 1.165) is 11.6 Å². The van der Waals surface area contributed by atoms with Crippen molar-refractivity contribution in [3.8, 4) is 0 Å². The molecule has 2 aromatic rings. The van der Waals surface area contributed by atoms with E-state index in [2.05, 4.69) is 10.2 Å². The highest BCUT2D eigenvalue weighted by molar-refractivity contribution is 5.83. The smallest absolute Gasteiger partial charge is 0.272 e. The number of hydrogen-bond acceptors (Lipinski definition) is 5. The zero-order valence-electron chi connectivity index (χ0n) is 15.7. The lowest BCUT2D eigenvalue weighted by atomic mass is 10.0. The molecule has 1 N–H and O–H groups in total. The molecule has 1 amide bonds. The number of nitro groups is 1. The van der Waals surface area contributed by atoms with Crippen LogP contribution >= 0.6 is 0 Å². The van der Waals surface area contributed by atoms with Gasteiger partial charge in [0.05, 0.1) is 16.7 Å². The molecular formula is C20H23FN4O3. The minimum absolute atomic E-state index is 0.0522. The number of likely N-dealkylation sites (N-methyl/N-ethyl adjacent to an activating group) is 1. The summed E-state index contributed by atoms with van der Waals surface area (Å²) in [5.41, 5.74) is 1.00. The zero-order chi connectivity index (χ0) is 20.1. The monoisotopic (exact) mass is 386 g/mol. The Bertz CT molecular complexity index is 839. The van der Waals surface area contributed by atoms with Crippen LogP contribution in [-0.4, -0.2) is 48.5 Å². The third-order valence-electron chi connectivity index (χ3n) is 4.88. The molecule has 1 saturated heterocycles. The number of carbonyl (C=O) groups excluding carboxylic acids is 1. The van der Waals surface area contributed by atoms with Crippen molar-refractivity contribution in [2.75, 3.05) is 37.6 Å². The van der Waals surface area contributed by atoms with Gasteiger partial charge in [0.1, 0.15) is 6.04 Å². The summed E-state index contributed by atoms with van der Waals surface area (Å²) in [7, 11) is 0. The van der Waals surface area contributed by atoms with E-state index < -0.39 is 16.8 Å². The number of nitrogens with one attached hydrogen (secondary N) is 1. The highest BCUT2D eigenvalue weighted by Crippen LogP contribution is 2.28. The van der Waals surface area contributed by atoms with Gasteiger partial charge in [0, 0.05) is 38.8 Å². The van der Waals surface area contributed by atoms with Gasteiger partial charge >= 0.3 is 0 Å². The SMILES string of the molecule is CCNC(=O)C(c1ccccc1)N1CCN(c2ccc([N+](=O)[O-])cc2F)CC1. The molecule has 0 aliphatic carbocycles. The first kappa shape index (κ1) is 19.8. The van der Waals surface area contributed by atoms with E-state index in [1.54, 1.807) is 0 Å². The molecule has 1 aliphatic heterocycles. The predicted octanol–water partition coefficient (Wildman–Crippen LogP) is 2.73. The van der Waals surface area contributed by atoms with Crippen LogP contribution in [0.25, 0.3) is 0 Å². The summed E-state index contributed by atoms with van der Waals surface area (Å²) in [5.74, 6) is -0.658. The van der Waals surface area contributed by atoms with Gasteiger partial charge in [-0.25, -0.2) is 4.39 Å². The number of anilines is 1. The summed E-state index contributed by atoms with van der Waals surface area (Å²) in [6.45, 7) is 4.64. The number of halogens is 1. The van der Waals surface area contributed by atoms with Crippen LogP contribution in [0.1, 0.15) is 18.5 Å². The number of nitro benzene ring substituents is 1. The second-order valence-electron chi connectivity index (χ2n) is 6.62. The van der Waals surface area contributed by atoms with Gasteiger partial charge in [0.25, 0.3) is 5.69 Å². The molecule has 0 saturated carbocycles. The third-order valence-corrected chi connectivity index (χ3v) is 4.88. The van der Waals surface area contributed by atoms with Gasteiger partial charge in [-0.05, 0) is 18.6 Å². The topological polar surface area (TPSA) is 78.7 Å². The number of rotatable bonds is 6. The lowest BCUT2D eigenvalue weighted by Gasteiger charge is -2.39. The van der Waals surface area contributed by atoms with Crippen molar-refractivity contribution in [3.63, 3.8) is 0 Å². The van der Waals surface area contributed by atoms with Crippen LogP contribution < -0.4 is 10.2 Å². The number of amides is 1. The number of piperazine rings is 1. The Morgan fingerprint density at radius 1 is 1.18 bits per heavy atom. The molecule has 148 valence electrons. The highest BCUT2D eigenvalue weighted by atomic mass is 19.1. The number of non-ortho nitro benzene ring substituents is 1. The van der Waals surface area contributed by atoms with E-state index in [4.69, 9.17) is 0 Å². The number of nitrogens with zero attached hydrogens (tertiary/aromatic N) is 3. The van der Waals surface area contributed by atoms with Crippen molar-refractivity contribution >= 4 is 17.3 Å². The maximum atomic E-state index is 14.3. The van der Waals surface area contributed by atoms with Gasteiger partial charge in [-0.2, -0.15) is 0 Å². The lowest BCUT2D eigenvalue weighted by Crippen LogP contribution is -2.51. The molecule has 0 aromatic heterocycles. The van der Waals surface area contributed by atoms with Crippen LogP contribution in [0.3, 0.4) is 0 Å². The standard InChI is InChI=1S/C20H23FN4O3/c1-2-22-20(26)19(15-6-4-3-5-7-15)24-12-10-23(11-13-24)18-9-8-16(25(27)28)14-17(18)21/h3-9,14,19H,2,10-13H2,1H3,(H,22,26). The molecule has 1 unspecified atom stereocenters. The first-order valence-corrected chi connectivity index (χ1v) is 9.27. The van der Waals surface area contributed by atoms with Crippen molar-refractivity contribution in [1.82, 2.24) is 10.2 Å². The van der Waals surface area contributed by atoms with E-state index in [-0.39, 0.29) is 11.6 Å². The van der Waals surface area contributed by atoms with Gasteiger partial charge < -0.3 is 10.2 Å². The fourth-order valence-corrected chi connectivity index (χ4v) is 3.52. The molecule has 3 rings (SSSR count). The molecule has 0 spiro atoms. The first-order chi connectivity index (χ1) is 13.5. The zero-order valence-corrected chi connectivity index (χ0v) is 15.7. The van der Waals surface area contributed by atoms with E-state index in [0.29, 0.717) is 38.4 Å². The Morgan fingerprint density at radius 2 is 1.86 bits per heavy atom. The molecule has 7 nitrogen and oxygen atoms in total. The summed E-state index contributed by atoms with van der Waals surface area (Å²) in [5, 5.41) is 13.7. The fourth-order valence-electron chi connectivity index (χ4n) is 3.52. The fraction of sp³-hybridized carbons (Fsp3) is 0.350. The number of benzene rings is 2. The van der Waals surface area contributed by atoms with Crippen molar-refractivity contribution in [1.29, 1.82) is 0 Å². The van der Waals surface area contributed by atoms with Crippen molar-refractivity contribution < 1.29 is 14.1 Å². The Morgan fingerprint density at radius 3 is 2.43 bits per heavy atom. The quantitative estimate of drug-likeness (QED) is 0.610. The summed E-state index contributed by atoms with van der Waals surface area (Å²) >= 11 is 0. The summed E-state index contributed by atoms with van der Waals surface area (Å²) in [4.78, 5) is 26.8. The van der Waals surface area contributed by atoms with E-state index in [1.807, 2.05) is 42.2 Å². The average molecular weight is 386 g/mol. The Balaban J connectivity index is 1.74. The minimum Gasteiger partial charge on any atom is -0.367 e. The second-order valence-corrected chi connectivity index (χ2v) is 6.62. The van der Waals surface area contributed by atoms with Crippen LogP contribution in [0.15, 0.2) is 48.5 Å². The van der Waals surface area contributed by atoms with Crippen LogP contribution in [0.2, 0.25) is 0 Å². The van der Waals surface area contributed by atoms with Crippen molar-refractivity contribution in [2.45, 2.75) is 13.0 Å². The van der Waals surface area contributed by atoms with E-state index in [9.17, 15) is 19.3 Å². The highest BCUT2D eigenvalue weighted by Gasteiger charge is 2.30. The minimum atomic E-state index is -0.610. The second kappa shape index (κ2) is 8.79. The molecule has 1 atom stereocenters. The van der Waals surface area contributed by atoms with Gasteiger partial charge in [-0.1, -0.05) is 30.3 Å². The Labute approximate surface area is 162 Å². The molecule has 28 heavy (non-hydrogen) atoms. The Hall–Kier alpha value is -3.00. The van der Waals surface area contributed by atoms with Crippen molar-refractivity contribution in [2.24, 2.45) is 0 Å². The van der Waals surface area contributed by atoms with Gasteiger partial charge in [0.15, 0.2) is 5.82 Å². The van der Waals surface area contributed by atoms with Crippen LogP contribution in [0.4, 0.5) is 15.8 Å². The van der Waals surface area contributed by atoms with Crippen LogP contribution in [0, 0.1) is 15.9 Å². The van der Waals surface area contributed by atoms with E-state index in [1.165, 1.54) is 12.1 Å². The normalized spacial score (nSPS) is 15.9. The van der Waals surface area contributed by atoms with E-state index >= 15 is 0 Å². The van der Waals surface area contributed by atoms with Crippen LogP contribution in [-0.2, 0) is 4.79 Å². The molecule has 8 heteroatoms. The van der Waals surface area contributed by atoms with Gasteiger partial charge in [-0.3, -0.25) is 19.8 Å². The first-order valence-electron chi connectivity index (χ1n) is 9.27. The third kappa shape index (κ3) is 4.28. The van der Waals surface area contributed by atoms with Crippen molar-refractivity contribution in [3.05, 3.63) is 70.0 Å². The maximum absolute atomic E-state index is 14.3. The van der Waals surface area contributed by atoms with Crippen LogP contribution in [0.5, 0.6) is 0 Å². The average Bonchev–Trinajstić information content (AvgIpc) is 2.70.